The SMILES string of the molecule is CC[C@H]1CN(C(=O)c2ccc(O)cn2)CCC(=O)N1Cc1ccccc1. The van der Waals surface area contributed by atoms with E-state index in [-0.39, 0.29) is 29.3 Å². The van der Waals surface area contributed by atoms with Crippen LogP contribution in [0.1, 0.15) is 35.8 Å². The van der Waals surface area contributed by atoms with Gasteiger partial charge in [-0.05, 0) is 24.1 Å². The Morgan fingerprint density at radius 3 is 2.65 bits per heavy atom. The lowest BCUT2D eigenvalue weighted by atomic mass is 10.1. The highest BCUT2D eigenvalue weighted by molar-refractivity contribution is 5.93. The van der Waals surface area contributed by atoms with Crippen molar-refractivity contribution in [2.45, 2.75) is 32.4 Å². The predicted molar refractivity (Wildman–Crippen MR) is 97.5 cm³/mol. The molecule has 0 unspecified atom stereocenters. The summed E-state index contributed by atoms with van der Waals surface area (Å²) in [5.74, 6) is -0.124. The van der Waals surface area contributed by atoms with Gasteiger partial charge in [0.2, 0.25) is 5.91 Å². The van der Waals surface area contributed by atoms with Crippen molar-refractivity contribution >= 4 is 11.8 Å². The van der Waals surface area contributed by atoms with E-state index in [0.29, 0.717) is 26.1 Å². The van der Waals surface area contributed by atoms with Crippen LogP contribution < -0.4 is 0 Å². The number of carbonyl (C=O) groups is 2. The fourth-order valence-electron chi connectivity index (χ4n) is 3.23. The Morgan fingerprint density at radius 1 is 1.23 bits per heavy atom. The molecule has 3 rings (SSSR count). The summed E-state index contributed by atoms with van der Waals surface area (Å²) >= 11 is 0. The van der Waals surface area contributed by atoms with Crippen molar-refractivity contribution in [1.29, 1.82) is 0 Å². The summed E-state index contributed by atoms with van der Waals surface area (Å²) in [4.78, 5) is 33.0. The molecule has 0 spiro atoms. The Kier molecular flexibility index (Phi) is 5.51. The lowest BCUT2D eigenvalue weighted by Crippen LogP contribution is -2.43. The second-order valence-corrected chi connectivity index (χ2v) is 6.47. The maximum Gasteiger partial charge on any atom is 0.272 e. The van der Waals surface area contributed by atoms with Gasteiger partial charge < -0.3 is 14.9 Å². The molecule has 2 amide bonds. The number of pyridine rings is 1. The largest absolute Gasteiger partial charge is 0.506 e. The van der Waals surface area contributed by atoms with Gasteiger partial charge in [0.05, 0.1) is 6.20 Å². The van der Waals surface area contributed by atoms with Gasteiger partial charge in [-0.3, -0.25) is 9.59 Å². The summed E-state index contributed by atoms with van der Waals surface area (Å²) < 4.78 is 0. The van der Waals surface area contributed by atoms with Gasteiger partial charge in [0.1, 0.15) is 11.4 Å². The van der Waals surface area contributed by atoms with E-state index < -0.39 is 0 Å². The summed E-state index contributed by atoms with van der Waals surface area (Å²) in [5.41, 5.74) is 1.36. The summed E-state index contributed by atoms with van der Waals surface area (Å²) in [6.45, 7) is 3.44. The van der Waals surface area contributed by atoms with E-state index in [1.807, 2.05) is 42.2 Å². The van der Waals surface area contributed by atoms with Crippen LogP contribution in [0.25, 0.3) is 0 Å². The molecule has 0 radical (unpaired) electrons. The molecular formula is C20H23N3O3. The molecule has 0 bridgehead atoms. The number of hydrogen-bond donors (Lipinski definition) is 1. The molecule has 0 saturated carbocycles. The molecule has 0 aliphatic carbocycles. The summed E-state index contributed by atoms with van der Waals surface area (Å²) in [6.07, 6.45) is 2.33. The predicted octanol–water partition coefficient (Wildman–Crippen LogP) is 2.44. The molecule has 1 fully saturated rings. The number of rotatable bonds is 4. The average molecular weight is 353 g/mol. The minimum Gasteiger partial charge on any atom is -0.506 e. The first-order chi connectivity index (χ1) is 12.6. The Hall–Kier alpha value is -2.89. The molecule has 1 aliphatic heterocycles. The summed E-state index contributed by atoms with van der Waals surface area (Å²) in [5, 5.41) is 9.34. The van der Waals surface area contributed by atoms with Gasteiger partial charge in [0.25, 0.3) is 5.91 Å². The van der Waals surface area contributed by atoms with E-state index in [1.165, 1.54) is 18.3 Å². The van der Waals surface area contributed by atoms with Gasteiger partial charge in [0.15, 0.2) is 0 Å². The van der Waals surface area contributed by atoms with Crippen molar-refractivity contribution in [3.05, 3.63) is 59.9 Å². The zero-order valence-electron chi connectivity index (χ0n) is 14.8. The Bertz CT molecular complexity index is 762. The zero-order valence-corrected chi connectivity index (χ0v) is 14.8. The van der Waals surface area contributed by atoms with Crippen molar-refractivity contribution in [3.8, 4) is 5.75 Å². The van der Waals surface area contributed by atoms with Gasteiger partial charge in [0, 0.05) is 32.1 Å². The maximum atomic E-state index is 12.7. The molecule has 6 nitrogen and oxygen atoms in total. The highest BCUT2D eigenvalue weighted by Crippen LogP contribution is 2.19. The quantitative estimate of drug-likeness (QED) is 0.916. The highest BCUT2D eigenvalue weighted by atomic mass is 16.3. The minimum absolute atomic E-state index is 0.0214. The van der Waals surface area contributed by atoms with Crippen LogP contribution in [0.4, 0.5) is 0 Å². The highest BCUT2D eigenvalue weighted by Gasteiger charge is 2.31. The molecular weight excluding hydrogens is 330 g/mol. The number of benzene rings is 1. The van der Waals surface area contributed by atoms with E-state index in [9.17, 15) is 14.7 Å². The van der Waals surface area contributed by atoms with E-state index in [4.69, 9.17) is 0 Å². The maximum absolute atomic E-state index is 12.7. The number of carbonyl (C=O) groups excluding carboxylic acids is 2. The second-order valence-electron chi connectivity index (χ2n) is 6.47. The van der Waals surface area contributed by atoms with Crippen LogP contribution in [-0.4, -0.2) is 50.8 Å². The van der Waals surface area contributed by atoms with Gasteiger partial charge in [-0.1, -0.05) is 37.3 Å². The topological polar surface area (TPSA) is 73.7 Å². The molecule has 1 aromatic heterocycles. The van der Waals surface area contributed by atoms with Crippen molar-refractivity contribution in [2.24, 2.45) is 0 Å². The van der Waals surface area contributed by atoms with Crippen molar-refractivity contribution < 1.29 is 14.7 Å². The van der Waals surface area contributed by atoms with E-state index >= 15 is 0 Å². The average Bonchev–Trinajstić information content (AvgIpc) is 2.82. The first kappa shape index (κ1) is 17.9. The molecule has 1 atom stereocenters. The van der Waals surface area contributed by atoms with Crippen LogP contribution in [-0.2, 0) is 11.3 Å². The van der Waals surface area contributed by atoms with Crippen LogP contribution in [0, 0.1) is 0 Å². The van der Waals surface area contributed by atoms with Gasteiger partial charge >= 0.3 is 0 Å². The molecule has 6 heteroatoms. The zero-order chi connectivity index (χ0) is 18.5. The number of amides is 2. The minimum atomic E-state index is -0.210. The third-order valence-corrected chi connectivity index (χ3v) is 4.71. The number of aromatic nitrogens is 1. The third kappa shape index (κ3) is 4.02. The van der Waals surface area contributed by atoms with Crippen LogP contribution in [0.2, 0.25) is 0 Å². The van der Waals surface area contributed by atoms with Crippen LogP contribution in [0.15, 0.2) is 48.7 Å². The monoisotopic (exact) mass is 353 g/mol. The first-order valence-corrected chi connectivity index (χ1v) is 8.86. The fourth-order valence-corrected chi connectivity index (χ4v) is 3.23. The van der Waals surface area contributed by atoms with E-state index in [1.54, 1.807) is 4.90 Å². The lowest BCUT2D eigenvalue weighted by molar-refractivity contribution is -0.133. The first-order valence-electron chi connectivity index (χ1n) is 8.86. The van der Waals surface area contributed by atoms with Crippen LogP contribution in [0.3, 0.4) is 0 Å². The van der Waals surface area contributed by atoms with E-state index in [0.717, 1.165) is 12.0 Å². The number of hydrogen-bond acceptors (Lipinski definition) is 4. The molecule has 2 heterocycles. The van der Waals surface area contributed by atoms with Gasteiger partial charge in [-0.25, -0.2) is 4.98 Å². The summed E-state index contributed by atoms with van der Waals surface area (Å²) in [6, 6.07) is 12.8. The molecule has 26 heavy (non-hydrogen) atoms. The normalized spacial score (nSPS) is 17.9. The summed E-state index contributed by atoms with van der Waals surface area (Å²) in [7, 11) is 0. The number of aromatic hydroxyl groups is 1. The van der Waals surface area contributed by atoms with Crippen molar-refractivity contribution in [1.82, 2.24) is 14.8 Å². The second kappa shape index (κ2) is 7.99. The Morgan fingerprint density at radius 2 is 2.00 bits per heavy atom. The standard InChI is InChI=1S/C20H23N3O3/c1-2-16-14-22(20(26)18-9-8-17(24)12-21-18)11-10-19(25)23(16)13-15-6-4-3-5-7-15/h3-9,12,16,24H,2,10-11,13-14H2,1H3/t16-/m0/s1. The van der Waals surface area contributed by atoms with Gasteiger partial charge in [-0.15, -0.1) is 0 Å². The lowest BCUT2D eigenvalue weighted by Gasteiger charge is -2.31. The van der Waals surface area contributed by atoms with Crippen molar-refractivity contribution in [2.75, 3.05) is 13.1 Å². The third-order valence-electron chi connectivity index (χ3n) is 4.71. The molecule has 1 aliphatic rings. The fraction of sp³-hybridized carbons (Fsp3) is 0.350. The molecule has 2 aromatic rings. The Labute approximate surface area is 153 Å². The van der Waals surface area contributed by atoms with Crippen molar-refractivity contribution in [3.63, 3.8) is 0 Å². The molecule has 1 aromatic carbocycles. The van der Waals surface area contributed by atoms with Crippen LogP contribution in [0.5, 0.6) is 5.75 Å². The molecule has 1 saturated heterocycles. The van der Waals surface area contributed by atoms with E-state index in [2.05, 4.69) is 4.98 Å². The molecule has 1 N–H and O–H groups in total. The molecule has 136 valence electrons. The van der Waals surface area contributed by atoms with Crippen LogP contribution >= 0.6 is 0 Å². The number of nitrogens with zero attached hydrogens (tertiary/aromatic N) is 3. The Balaban J connectivity index is 1.77. The van der Waals surface area contributed by atoms with Gasteiger partial charge in [-0.2, -0.15) is 0 Å². The smallest absolute Gasteiger partial charge is 0.272 e.